The lowest BCUT2D eigenvalue weighted by molar-refractivity contribution is 0.656. The molecule has 0 aliphatic carbocycles. The number of anilines is 3. The van der Waals surface area contributed by atoms with E-state index in [2.05, 4.69) is 108 Å². The second kappa shape index (κ2) is 9.07. The lowest BCUT2D eigenvalue weighted by Gasteiger charge is -2.25. The van der Waals surface area contributed by atoms with Crippen molar-refractivity contribution in [2.45, 2.75) is 0 Å². The van der Waals surface area contributed by atoms with E-state index in [0.29, 0.717) is 5.71 Å². The van der Waals surface area contributed by atoms with Crippen molar-refractivity contribution >= 4 is 60.9 Å². The Morgan fingerprint density at radius 3 is 1.98 bits per heavy atom. The van der Waals surface area contributed by atoms with Gasteiger partial charge in [0, 0.05) is 50.2 Å². The number of benzene rings is 5. The molecule has 0 aliphatic heterocycles. The van der Waals surface area contributed by atoms with E-state index in [9.17, 15) is 0 Å². The molecule has 4 heteroatoms. The van der Waals surface area contributed by atoms with Crippen LogP contribution in [0.15, 0.2) is 144 Å². The summed E-state index contributed by atoms with van der Waals surface area (Å²) < 4.78 is 6.29. The first-order chi connectivity index (χ1) is 19.8. The Balaban J connectivity index is 1.23. The van der Waals surface area contributed by atoms with Crippen LogP contribution in [0.1, 0.15) is 0 Å². The molecule has 0 unspecified atom stereocenters. The third-order valence-electron chi connectivity index (χ3n) is 7.44. The highest BCUT2D eigenvalue weighted by Gasteiger charge is 2.16. The van der Waals surface area contributed by atoms with Gasteiger partial charge < -0.3 is 9.32 Å². The summed E-state index contributed by atoms with van der Waals surface area (Å²) in [7, 11) is 0. The Morgan fingerprint density at radius 2 is 1.15 bits per heavy atom. The van der Waals surface area contributed by atoms with Gasteiger partial charge in [-0.05, 0) is 60.7 Å². The van der Waals surface area contributed by atoms with E-state index >= 15 is 0 Å². The number of hydrogen-bond acceptors (Lipinski definition) is 4. The zero-order chi connectivity index (χ0) is 26.5. The van der Waals surface area contributed by atoms with Gasteiger partial charge in [-0.2, -0.15) is 0 Å². The van der Waals surface area contributed by atoms with Crippen LogP contribution >= 0.6 is 0 Å². The van der Waals surface area contributed by atoms with Crippen LogP contribution in [-0.2, 0) is 0 Å². The molecule has 0 N–H and O–H groups in total. The fourth-order valence-electron chi connectivity index (χ4n) is 5.46. The summed E-state index contributed by atoms with van der Waals surface area (Å²) in [6.07, 6.45) is 0. The summed E-state index contributed by atoms with van der Waals surface area (Å²) >= 11 is 0. The van der Waals surface area contributed by atoms with E-state index in [1.165, 1.54) is 0 Å². The van der Waals surface area contributed by atoms with Crippen molar-refractivity contribution in [1.82, 2.24) is 9.97 Å². The maximum atomic E-state index is 6.29. The predicted molar refractivity (Wildman–Crippen MR) is 164 cm³/mol. The van der Waals surface area contributed by atoms with Crippen molar-refractivity contribution in [3.05, 3.63) is 140 Å². The maximum absolute atomic E-state index is 6.29. The molecule has 5 aromatic carbocycles. The van der Waals surface area contributed by atoms with Gasteiger partial charge in [-0.25, -0.2) is 9.97 Å². The molecule has 0 radical (unpaired) electrons. The van der Waals surface area contributed by atoms with Crippen LogP contribution in [0.2, 0.25) is 0 Å². The van der Waals surface area contributed by atoms with Crippen LogP contribution in [-0.4, -0.2) is 9.97 Å². The highest BCUT2D eigenvalue weighted by atomic mass is 16.3. The molecule has 4 nitrogen and oxygen atoms in total. The first kappa shape index (κ1) is 22.5. The fraction of sp³-hybridized carbons (Fsp3) is 0. The molecule has 0 saturated heterocycles. The third kappa shape index (κ3) is 3.77. The Bertz CT molecular complexity index is 2170. The number of hydrogen-bond donors (Lipinski definition) is 0. The minimum absolute atomic E-state index is 0.657. The van der Waals surface area contributed by atoms with Gasteiger partial charge in [0.15, 0.2) is 0 Å². The minimum Gasteiger partial charge on any atom is -0.438 e. The van der Waals surface area contributed by atoms with Crippen LogP contribution in [0.25, 0.3) is 55.1 Å². The molecule has 0 atom stereocenters. The SMILES string of the molecule is c1ccc(N(c2ccc(-c3ccc4ccccc4n3)cc2)c2ccc3c(c2)oc2nc4ccccc4cc23)cc1. The first-order valence-electron chi connectivity index (χ1n) is 13.3. The van der Waals surface area contributed by atoms with E-state index in [1.54, 1.807) is 0 Å². The summed E-state index contributed by atoms with van der Waals surface area (Å²) in [5, 5.41) is 4.33. The maximum Gasteiger partial charge on any atom is 0.227 e. The second-order valence-electron chi connectivity index (χ2n) is 9.92. The van der Waals surface area contributed by atoms with Gasteiger partial charge in [0.25, 0.3) is 0 Å². The lowest BCUT2D eigenvalue weighted by Crippen LogP contribution is -2.09. The molecule has 40 heavy (non-hydrogen) atoms. The van der Waals surface area contributed by atoms with Gasteiger partial charge in [-0.3, -0.25) is 0 Å². The predicted octanol–water partition coefficient (Wildman–Crippen LogP) is 9.82. The molecule has 188 valence electrons. The van der Waals surface area contributed by atoms with Gasteiger partial charge in [0.1, 0.15) is 5.58 Å². The van der Waals surface area contributed by atoms with Crippen molar-refractivity contribution in [3.63, 3.8) is 0 Å². The highest BCUT2D eigenvalue weighted by molar-refractivity contribution is 6.08. The molecular weight excluding hydrogens is 490 g/mol. The fourth-order valence-corrected chi connectivity index (χ4v) is 5.46. The zero-order valence-corrected chi connectivity index (χ0v) is 21.5. The highest BCUT2D eigenvalue weighted by Crippen LogP contribution is 2.39. The Labute approximate surface area is 230 Å². The number of rotatable bonds is 4. The summed E-state index contributed by atoms with van der Waals surface area (Å²) in [5.74, 6) is 0. The Morgan fingerprint density at radius 1 is 0.475 bits per heavy atom. The first-order valence-corrected chi connectivity index (χ1v) is 13.3. The molecule has 0 fully saturated rings. The van der Waals surface area contributed by atoms with E-state index < -0.39 is 0 Å². The van der Waals surface area contributed by atoms with E-state index in [4.69, 9.17) is 14.4 Å². The third-order valence-corrected chi connectivity index (χ3v) is 7.44. The van der Waals surface area contributed by atoms with Crippen molar-refractivity contribution in [2.75, 3.05) is 4.90 Å². The summed E-state index contributed by atoms with van der Waals surface area (Å²) in [5.41, 5.74) is 8.57. The average molecular weight is 514 g/mol. The molecule has 0 bridgehead atoms. The van der Waals surface area contributed by atoms with Crippen molar-refractivity contribution < 1.29 is 4.42 Å². The molecule has 0 saturated carbocycles. The van der Waals surface area contributed by atoms with Crippen LogP contribution in [0.4, 0.5) is 17.1 Å². The normalized spacial score (nSPS) is 11.5. The van der Waals surface area contributed by atoms with Crippen LogP contribution in [0.5, 0.6) is 0 Å². The summed E-state index contributed by atoms with van der Waals surface area (Å²) in [6, 6.07) is 48.1. The van der Waals surface area contributed by atoms with Gasteiger partial charge >= 0.3 is 0 Å². The van der Waals surface area contributed by atoms with Crippen molar-refractivity contribution in [3.8, 4) is 11.3 Å². The zero-order valence-electron chi connectivity index (χ0n) is 21.5. The monoisotopic (exact) mass is 513 g/mol. The molecule has 0 aliphatic rings. The number of nitrogens with zero attached hydrogens (tertiary/aromatic N) is 3. The van der Waals surface area contributed by atoms with Crippen LogP contribution in [0.3, 0.4) is 0 Å². The number of fused-ring (bicyclic) bond motifs is 5. The van der Waals surface area contributed by atoms with E-state index in [0.717, 1.165) is 66.5 Å². The quantitative estimate of drug-likeness (QED) is 0.235. The van der Waals surface area contributed by atoms with Crippen LogP contribution in [0, 0.1) is 0 Å². The van der Waals surface area contributed by atoms with E-state index in [1.807, 2.05) is 36.4 Å². The minimum atomic E-state index is 0.657. The Kier molecular flexibility index (Phi) is 5.10. The van der Waals surface area contributed by atoms with Crippen LogP contribution < -0.4 is 4.90 Å². The number of para-hydroxylation sites is 3. The molecule has 3 heterocycles. The molecule has 3 aromatic heterocycles. The molecule has 8 aromatic rings. The van der Waals surface area contributed by atoms with Gasteiger partial charge in [-0.15, -0.1) is 0 Å². The van der Waals surface area contributed by atoms with Gasteiger partial charge in [0.05, 0.1) is 16.7 Å². The number of furan rings is 1. The molecule has 8 rings (SSSR count). The summed E-state index contributed by atoms with van der Waals surface area (Å²) in [4.78, 5) is 11.9. The smallest absolute Gasteiger partial charge is 0.227 e. The van der Waals surface area contributed by atoms with Crippen molar-refractivity contribution in [2.24, 2.45) is 0 Å². The van der Waals surface area contributed by atoms with Gasteiger partial charge in [-0.1, -0.05) is 72.8 Å². The molecule has 0 spiro atoms. The summed E-state index contributed by atoms with van der Waals surface area (Å²) in [6.45, 7) is 0. The number of pyridine rings is 2. The average Bonchev–Trinajstić information content (AvgIpc) is 3.37. The standard InChI is InChI=1S/C36H23N3O/c1-2-10-27(11-3-1)39(28-17-14-25(15-18-28)34-21-16-24-8-4-6-12-32(24)37-34)29-19-20-30-31-22-26-9-5-7-13-33(26)38-36(31)40-35(30)23-29/h1-23H. The Hall–Kier alpha value is -5.48. The van der Waals surface area contributed by atoms with E-state index in [-0.39, 0.29) is 0 Å². The van der Waals surface area contributed by atoms with Gasteiger partial charge in [0.2, 0.25) is 5.71 Å². The van der Waals surface area contributed by atoms with Crippen molar-refractivity contribution in [1.29, 1.82) is 0 Å². The topological polar surface area (TPSA) is 42.2 Å². The lowest BCUT2D eigenvalue weighted by atomic mass is 10.1. The molecular formula is C36H23N3O. The second-order valence-corrected chi connectivity index (χ2v) is 9.92. The molecule has 0 amide bonds. The number of aromatic nitrogens is 2. The largest absolute Gasteiger partial charge is 0.438 e.